The van der Waals surface area contributed by atoms with Crippen LogP contribution in [0.1, 0.15) is 10.4 Å². The summed E-state index contributed by atoms with van der Waals surface area (Å²) >= 11 is 0. The highest BCUT2D eigenvalue weighted by Crippen LogP contribution is 2.11. The topological polar surface area (TPSA) is 123 Å². The number of benzene rings is 1. The average molecular weight is 272 g/mol. The Labute approximate surface area is 110 Å². The van der Waals surface area contributed by atoms with Crippen LogP contribution in [0.3, 0.4) is 0 Å². The van der Waals surface area contributed by atoms with Gasteiger partial charge in [0.15, 0.2) is 6.29 Å². The summed E-state index contributed by atoms with van der Waals surface area (Å²) in [4.78, 5) is 50.1. The van der Waals surface area contributed by atoms with Crippen molar-refractivity contribution in [1.82, 2.24) is 0 Å². The number of aromatic hydroxyl groups is 1. The molecule has 0 amide bonds. The minimum absolute atomic E-state index is 0.0347. The summed E-state index contributed by atoms with van der Waals surface area (Å²) in [6.07, 6.45) is 0.620. The number of phenolic OH excluding ortho intramolecular Hbond substituents is 1. The number of hydrogen-bond donors (Lipinski definition) is 1. The first-order valence-corrected chi connectivity index (χ1v) is 4.02. The lowest BCUT2D eigenvalue weighted by Gasteiger charge is -1.91. The van der Waals surface area contributed by atoms with Gasteiger partial charge in [0.1, 0.15) is 39.7 Å². The molecule has 1 aromatic carbocycles. The number of carbonyl (C=O) groups is 6. The van der Waals surface area contributed by atoms with Gasteiger partial charge in [0.2, 0.25) is 0 Å². The zero-order valence-corrected chi connectivity index (χ0v) is 10.3. The fourth-order valence-corrected chi connectivity index (χ4v) is 0.587. The van der Waals surface area contributed by atoms with E-state index in [-0.39, 0.29) is 5.75 Å². The Morgan fingerprint density at radius 2 is 1.05 bits per heavy atom. The first kappa shape index (κ1) is 29.8. The van der Waals surface area contributed by atoms with Gasteiger partial charge in [-0.1, -0.05) is 12.1 Å². The third-order valence-corrected chi connectivity index (χ3v) is 1.06. The highest BCUT2D eigenvalue weighted by Gasteiger charge is 1.93. The molecule has 19 heavy (non-hydrogen) atoms. The zero-order valence-electron chi connectivity index (χ0n) is 10.3. The van der Waals surface area contributed by atoms with Gasteiger partial charge in [-0.3, -0.25) is 4.79 Å². The van der Waals surface area contributed by atoms with Crippen molar-refractivity contribution in [1.29, 1.82) is 0 Å². The Balaban J connectivity index is -0.0000000557. The molecule has 7 heteroatoms. The van der Waals surface area contributed by atoms with Crippen LogP contribution in [0, 0.1) is 0 Å². The zero-order chi connectivity index (χ0) is 16.7. The van der Waals surface area contributed by atoms with E-state index in [1.54, 1.807) is 18.2 Å². The van der Waals surface area contributed by atoms with Crippen molar-refractivity contribution in [2.75, 3.05) is 0 Å². The fourth-order valence-electron chi connectivity index (χ4n) is 0.587. The maximum atomic E-state index is 10.1. The van der Waals surface area contributed by atoms with Gasteiger partial charge in [0.05, 0.1) is 5.56 Å². The van der Waals surface area contributed by atoms with E-state index in [0.717, 1.165) is 0 Å². The summed E-state index contributed by atoms with van der Waals surface area (Å²) < 4.78 is 0. The Kier molecular flexibility index (Phi) is 71.9. The third-order valence-electron chi connectivity index (χ3n) is 1.06. The molecule has 0 heterocycles. The van der Waals surface area contributed by atoms with E-state index >= 15 is 0 Å². The summed E-state index contributed by atoms with van der Waals surface area (Å²) in [5.74, 6) is 0.0347. The van der Waals surface area contributed by atoms with Gasteiger partial charge in [-0.25, -0.2) is 0 Å². The van der Waals surface area contributed by atoms with Crippen molar-refractivity contribution in [3.63, 3.8) is 0 Å². The van der Waals surface area contributed by atoms with E-state index in [9.17, 15) is 4.79 Å². The number of carbonyl (C=O) groups excluding carboxylic acids is 6. The SMILES string of the molecule is C=O.C=O.C=O.C=O.C=O.O=Cc1ccccc1O. The van der Waals surface area contributed by atoms with Crippen molar-refractivity contribution >= 4 is 40.2 Å². The molecule has 0 saturated carbocycles. The summed E-state index contributed by atoms with van der Waals surface area (Å²) in [5, 5.41) is 8.88. The molecule has 1 N–H and O–H groups in total. The molecule has 106 valence electrons. The molecule has 1 aromatic rings. The predicted molar refractivity (Wildman–Crippen MR) is 69.1 cm³/mol. The normalized spacial score (nSPS) is 5.26. The third kappa shape index (κ3) is 25.4. The predicted octanol–water partition coefficient (Wildman–Crippen LogP) is 0.280. The van der Waals surface area contributed by atoms with Crippen LogP contribution >= 0.6 is 0 Å². The second-order valence-corrected chi connectivity index (χ2v) is 1.68. The quantitative estimate of drug-likeness (QED) is 0.728. The van der Waals surface area contributed by atoms with Gasteiger partial charge in [0.25, 0.3) is 0 Å². The molecule has 0 saturated heterocycles. The van der Waals surface area contributed by atoms with Crippen LogP contribution in [0.15, 0.2) is 24.3 Å². The highest BCUT2D eigenvalue weighted by atomic mass is 16.3. The van der Waals surface area contributed by atoms with Crippen LogP contribution in [0.25, 0.3) is 0 Å². The van der Waals surface area contributed by atoms with Crippen molar-refractivity contribution in [2.45, 2.75) is 0 Å². The van der Waals surface area contributed by atoms with Crippen molar-refractivity contribution in [3.8, 4) is 5.75 Å². The molecule has 0 aliphatic rings. The Bertz CT molecular complexity index is 280. The lowest BCUT2D eigenvalue weighted by Crippen LogP contribution is -1.77. The number of aldehydes is 1. The Morgan fingerprint density at radius 1 is 0.737 bits per heavy atom. The average Bonchev–Trinajstić information content (AvgIpc) is 2.57. The van der Waals surface area contributed by atoms with Crippen LogP contribution in [0.4, 0.5) is 0 Å². The van der Waals surface area contributed by atoms with E-state index in [0.29, 0.717) is 11.8 Å². The summed E-state index contributed by atoms with van der Waals surface area (Å²) in [5.41, 5.74) is 0.331. The van der Waals surface area contributed by atoms with Gasteiger partial charge >= 0.3 is 0 Å². The van der Waals surface area contributed by atoms with Gasteiger partial charge in [-0.05, 0) is 12.1 Å². The Morgan fingerprint density at radius 3 is 1.26 bits per heavy atom. The molecule has 0 aromatic heterocycles. The molecule has 0 radical (unpaired) electrons. The maximum Gasteiger partial charge on any atom is 0.153 e. The van der Waals surface area contributed by atoms with Gasteiger partial charge in [0, 0.05) is 0 Å². The monoisotopic (exact) mass is 272 g/mol. The van der Waals surface area contributed by atoms with Crippen LogP contribution < -0.4 is 0 Å². The minimum Gasteiger partial charge on any atom is -0.507 e. The van der Waals surface area contributed by atoms with E-state index in [2.05, 4.69) is 0 Å². The molecule has 7 nitrogen and oxygen atoms in total. The van der Waals surface area contributed by atoms with Crippen molar-refractivity contribution < 1.29 is 33.9 Å². The number of phenols is 1. The van der Waals surface area contributed by atoms with Gasteiger partial charge in [-0.15, -0.1) is 0 Å². The van der Waals surface area contributed by atoms with Gasteiger partial charge < -0.3 is 29.1 Å². The van der Waals surface area contributed by atoms with Crippen molar-refractivity contribution in [2.24, 2.45) is 0 Å². The van der Waals surface area contributed by atoms with Crippen molar-refractivity contribution in [3.05, 3.63) is 29.8 Å². The van der Waals surface area contributed by atoms with Crippen LogP contribution in [0.2, 0.25) is 0 Å². The van der Waals surface area contributed by atoms with E-state index in [1.807, 2.05) is 33.9 Å². The first-order chi connectivity index (χ1) is 9.34. The molecular formula is C12H16O7. The first-order valence-electron chi connectivity index (χ1n) is 4.02. The standard InChI is InChI=1S/C7H6O2.5CH2O/c8-5-6-3-1-2-4-7(6)9;5*1-2/h1-5,9H;5*1H2. The smallest absolute Gasteiger partial charge is 0.153 e. The lowest BCUT2D eigenvalue weighted by atomic mass is 10.2. The number of hydrogen-bond acceptors (Lipinski definition) is 7. The summed E-state index contributed by atoms with van der Waals surface area (Å²) in [6, 6.07) is 6.40. The number of para-hydroxylation sites is 1. The lowest BCUT2D eigenvalue weighted by molar-refractivity contribution is -0.0987. The van der Waals surface area contributed by atoms with Crippen LogP contribution in [-0.2, 0) is 24.0 Å². The van der Waals surface area contributed by atoms with Gasteiger partial charge in [-0.2, -0.15) is 0 Å². The fraction of sp³-hybridized carbons (Fsp3) is 0. The maximum absolute atomic E-state index is 10.1. The molecule has 0 bridgehead atoms. The molecule has 0 aliphatic heterocycles. The van der Waals surface area contributed by atoms with E-state index in [1.165, 1.54) is 6.07 Å². The highest BCUT2D eigenvalue weighted by molar-refractivity contribution is 5.78. The minimum atomic E-state index is 0.0347. The largest absolute Gasteiger partial charge is 0.507 e. The second kappa shape index (κ2) is 45.9. The summed E-state index contributed by atoms with van der Waals surface area (Å²) in [6.45, 7) is 10.0. The molecule has 1 rings (SSSR count). The summed E-state index contributed by atoms with van der Waals surface area (Å²) in [7, 11) is 0. The molecule has 0 aliphatic carbocycles. The molecule has 0 spiro atoms. The van der Waals surface area contributed by atoms with E-state index in [4.69, 9.17) is 29.1 Å². The Hall–Kier alpha value is -2.96. The molecule has 0 atom stereocenters. The van der Waals surface area contributed by atoms with Crippen LogP contribution in [0.5, 0.6) is 5.75 Å². The second-order valence-electron chi connectivity index (χ2n) is 1.68. The van der Waals surface area contributed by atoms with Crippen LogP contribution in [-0.4, -0.2) is 45.3 Å². The van der Waals surface area contributed by atoms with E-state index < -0.39 is 0 Å². The molecular weight excluding hydrogens is 256 g/mol. The molecule has 0 fully saturated rings. The number of rotatable bonds is 1. The molecule has 0 unspecified atom stereocenters.